The van der Waals surface area contributed by atoms with Crippen LogP contribution in [-0.2, 0) is 22.5 Å². The van der Waals surface area contributed by atoms with Gasteiger partial charge in [-0.3, -0.25) is 4.79 Å². The first-order chi connectivity index (χ1) is 19.4. The maximum Gasteiger partial charge on any atom is 0.330 e. The number of hydrogen-bond acceptors (Lipinski definition) is 8. The number of fused-ring (bicyclic) bond motifs is 1. The number of nitrogens with two attached hydrogens (primary N) is 1. The number of H-pyrrole nitrogens is 1. The molecule has 0 aliphatic rings. The topological polar surface area (TPSA) is 149 Å². The molecule has 11 nitrogen and oxygen atoms in total. The third-order valence-electron chi connectivity index (χ3n) is 6.38. The van der Waals surface area contributed by atoms with Crippen molar-refractivity contribution < 1.29 is 19.4 Å². The molecular weight excluding hydrogens is 512 g/mol. The standard InChI is InChI=1S/C29H36N6O5/c1-3-4-15-40-28-32-25(30)24-26(33-28)35(29(38)31-24)27(22-12-6-5-7-13-22)39-16-9-14-34(2)19-21-11-8-10-20(17-21)18-23(36)37/h5-8,10-13,17,27H,3-4,9,14-16,18-19H2,1-2H3,(H,31,38)(H,36,37)(H2,30,32,33). The van der Waals surface area contributed by atoms with Gasteiger partial charge in [0.05, 0.1) is 19.6 Å². The van der Waals surface area contributed by atoms with E-state index >= 15 is 0 Å². The molecule has 2 aromatic carbocycles. The van der Waals surface area contributed by atoms with Crippen molar-refractivity contribution in [2.45, 2.75) is 45.4 Å². The molecule has 4 N–H and O–H groups in total. The molecule has 0 fully saturated rings. The molecule has 0 radical (unpaired) electrons. The fourth-order valence-corrected chi connectivity index (χ4v) is 4.46. The Hall–Kier alpha value is -4.22. The van der Waals surface area contributed by atoms with Crippen molar-refractivity contribution in [3.8, 4) is 6.01 Å². The van der Waals surface area contributed by atoms with Crippen molar-refractivity contribution in [1.82, 2.24) is 24.4 Å². The normalized spacial score (nSPS) is 12.2. The van der Waals surface area contributed by atoms with Crippen molar-refractivity contribution in [1.29, 1.82) is 0 Å². The van der Waals surface area contributed by atoms with Crippen LogP contribution in [-0.4, -0.2) is 62.3 Å². The van der Waals surface area contributed by atoms with Crippen LogP contribution in [0.3, 0.4) is 0 Å². The number of carboxylic acid groups (broad SMARTS) is 1. The summed E-state index contributed by atoms with van der Waals surface area (Å²) >= 11 is 0. The predicted octanol–water partition coefficient (Wildman–Crippen LogP) is 3.59. The molecule has 0 bridgehead atoms. The Balaban J connectivity index is 1.47. The molecule has 0 saturated heterocycles. The van der Waals surface area contributed by atoms with Crippen LogP contribution in [0, 0.1) is 0 Å². The van der Waals surface area contributed by atoms with Crippen molar-refractivity contribution in [3.05, 3.63) is 81.8 Å². The summed E-state index contributed by atoms with van der Waals surface area (Å²) in [6, 6.07) is 17.2. The molecule has 0 aliphatic heterocycles. The van der Waals surface area contributed by atoms with Crippen LogP contribution in [0.2, 0.25) is 0 Å². The molecule has 4 aromatic rings. The Kier molecular flexibility index (Phi) is 9.87. The van der Waals surface area contributed by atoms with Gasteiger partial charge in [-0.2, -0.15) is 9.97 Å². The van der Waals surface area contributed by atoms with E-state index in [1.807, 2.05) is 61.6 Å². The summed E-state index contributed by atoms with van der Waals surface area (Å²) in [4.78, 5) is 37.8. The number of rotatable bonds is 15. The van der Waals surface area contributed by atoms with Gasteiger partial charge in [0.2, 0.25) is 0 Å². The summed E-state index contributed by atoms with van der Waals surface area (Å²) in [7, 11) is 2.00. The number of aliphatic carboxylic acids is 1. The van der Waals surface area contributed by atoms with Crippen molar-refractivity contribution in [2.75, 3.05) is 32.5 Å². The average molecular weight is 549 g/mol. The van der Waals surface area contributed by atoms with Gasteiger partial charge in [0.1, 0.15) is 5.52 Å². The summed E-state index contributed by atoms with van der Waals surface area (Å²) in [6.07, 6.45) is 1.77. The minimum atomic E-state index is -0.848. The number of nitrogen functional groups attached to an aromatic ring is 1. The van der Waals surface area contributed by atoms with Gasteiger partial charge in [-0.1, -0.05) is 67.9 Å². The molecule has 212 valence electrons. The maximum atomic E-state index is 13.1. The smallest absolute Gasteiger partial charge is 0.330 e. The second-order valence-corrected chi connectivity index (χ2v) is 9.71. The maximum absolute atomic E-state index is 13.1. The van der Waals surface area contributed by atoms with E-state index in [0.717, 1.165) is 36.1 Å². The Labute approximate surface area is 232 Å². The number of ether oxygens (including phenoxy) is 2. The van der Waals surface area contributed by atoms with Gasteiger partial charge in [0.25, 0.3) is 0 Å². The minimum absolute atomic E-state index is 0.00238. The first kappa shape index (κ1) is 28.8. The molecule has 40 heavy (non-hydrogen) atoms. The SMILES string of the molecule is CCCCOc1nc(N)c2[nH]c(=O)n(C(OCCCN(C)Cc3cccc(CC(=O)O)c3)c3ccccc3)c2n1. The molecular formula is C29H36N6O5. The predicted molar refractivity (Wildman–Crippen MR) is 152 cm³/mol. The number of hydrogen-bond donors (Lipinski definition) is 3. The minimum Gasteiger partial charge on any atom is -0.481 e. The fourth-order valence-electron chi connectivity index (χ4n) is 4.46. The third kappa shape index (κ3) is 7.45. The number of aromatic amines is 1. The first-order valence-corrected chi connectivity index (χ1v) is 13.4. The highest BCUT2D eigenvalue weighted by atomic mass is 16.5. The lowest BCUT2D eigenvalue weighted by molar-refractivity contribution is -0.136. The second kappa shape index (κ2) is 13.7. The molecule has 2 aromatic heterocycles. The van der Waals surface area contributed by atoms with E-state index < -0.39 is 17.9 Å². The quantitative estimate of drug-likeness (QED) is 0.189. The molecule has 0 aliphatic carbocycles. The number of carboxylic acids is 1. The Morgan fingerprint density at radius 1 is 1.10 bits per heavy atom. The number of nitrogens with zero attached hydrogens (tertiary/aromatic N) is 4. The number of benzene rings is 2. The molecule has 1 atom stereocenters. The van der Waals surface area contributed by atoms with E-state index in [4.69, 9.17) is 20.3 Å². The molecule has 0 spiro atoms. The van der Waals surface area contributed by atoms with E-state index in [2.05, 4.69) is 26.8 Å². The lowest BCUT2D eigenvalue weighted by Gasteiger charge is -2.21. The highest BCUT2D eigenvalue weighted by Crippen LogP contribution is 2.25. The Morgan fingerprint density at radius 3 is 2.62 bits per heavy atom. The number of aromatic nitrogens is 4. The number of anilines is 1. The van der Waals surface area contributed by atoms with Crippen molar-refractivity contribution >= 4 is 23.0 Å². The summed E-state index contributed by atoms with van der Waals surface area (Å²) in [5.41, 5.74) is 9.00. The highest BCUT2D eigenvalue weighted by Gasteiger charge is 2.23. The summed E-state index contributed by atoms with van der Waals surface area (Å²) in [6.45, 7) is 4.30. The Morgan fingerprint density at radius 2 is 1.88 bits per heavy atom. The van der Waals surface area contributed by atoms with E-state index in [1.165, 1.54) is 4.57 Å². The third-order valence-corrected chi connectivity index (χ3v) is 6.38. The van der Waals surface area contributed by atoms with Gasteiger partial charge in [0, 0.05) is 18.7 Å². The number of carbonyl (C=O) groups is 1. The summed E-state index contributed by atoms with van der Waals surface area (Å²) in [5, 5.41) is 9.06. The van der Waals surface area contributed by atoms with Crippen molar-refractivity contribution in [2.24, 2.45) is 0 Å². The molecule has 0 amide bonds. The van der Waals surface area contributed by atoms with Gasteiger partial charge in [-0.25, -0.2) is 9.36 Å². The van der Waals surface area contributed by atoms with Crippen LogP contribution in [0.15, 0.2) is 59.4 Å². The lowest BCUT2D eigenvalue weighted by Crippen LogP contribution is -2.27. The van der Waals surface area contributed by atoms with E-state index in [0.29, 0.717) is 37.3 Å². The zero-order chi connectivity index (χ0) is 28.5. The highest BCUT2D eigenvalue weighted by molar-refractivity contribution is 5.82. The van der Waals surface area contributed by atoms with Gasteiger partial charge in [0.15, 0.2) is 17.7 Å². The van der Waals surface area contributed by atoms with Gasteiger partial charge in [-0.15, -0.1) is 0 Å². The monoisotopic (exact) mass is 548 g/mol. The number of nitrogens with one attached hydrogen (secondary N) is 1. The van der Waals surface area contributed by atoms with E-state index in [9.17, 15) is 9.59 Å². The number of unbranched alkanes of at least 4 members (excludes halogenated alkanes) is 1. The summed E-state index contributed by atoms with van der Waals surface area (Å²) < 4.78 is 13.4. The van der Waals surface area contributed by atoms with Crippen LogP contribution in [0.1, 0.15) is 49.1 Å². The van der Waals surface area contributed by atoms with Gasteiger partial charge < -0.3 is 30.2 Å². The van der Waals surface area contributed by atoms with Crippen LogP contribution in [0.5, 0.6) is 6.01 Å². The average Bonchev–Trinajstić information content (AvgIpc) is 3.25. The van der Waals surface area contributed by atoms with E-state index in [-0.39, 0.29) is 18.2 Å². The summed E-state index contributed by atoms with van der Waals surface area (Å²) in [5.74, 6) is -0.715. The zero-order valence-electron chi connectivity index (χ0n) is 22.9. The van der Waals surface area contributed by atoms with Crippen LogP contribution in [0.25, 0.3) is 11.2 Å². The molecule has 1 unspecified atom stereocenters. The van der Waals surface area contributed by atoms with Crippen LogP contribution >= 0.6 is 0 Å². The van der Waals surface area contributed by atoms with Crippen LogP contribution in [0.4, 0.5) is 5.82 Å². The van der Waals surface area contributed by atoms with E-state index in [1.54, 1.807) is 0 Å². The zero-order valence-corrected chi connectivity index (χ0v) is 22.9. The molecule has 4 rings (SSSR count). The molecule has 11 heteroatoms. The first-order valence-electron chi connectivity index (χ1n) is 13.4. The number of imidazole rings is 1. The van der Waals surface area contributed by atoms with Crippen molar-refractivity contribution in [3.63, 3.8) is 0 Å². The largest absolute Gasteiger partial charge is 0.481 e. The molecule has 2 heterocycles. The van der Waals surface area contributed by atoms with Gasteiger partial charge >= 0.3 is 17.7 Å². The van der Waals surface area contributed by atoms with Gasteiger partial charge in [-0.05, 0) is 31.0 Å². The lowest BCUT2D eigenvalue weighted by atomic mass is 10.1. The fraction of sp³-hybridized carbons (Fsp3) is 0.379. The second-order valence-electron chi connectivity index (χ2n) is 9.71. The molecule has 0 saturated carbocycles. The van der Waals surface area contributed by atoms with Crippen LogP contribution < -0.4 is 16.2 Å². The Bertz CT molecular complexity index is 1470.